The molecule has 0 radical (unpaired) electrons. The molecule has 0 unspecified atom stereocenters. The predicted molar refractivity (Wildman–Crippen MR) is 89.4 cm³/mol. The lowest BCUT2D eigenvalue weighted by Gasteiger charge is -2.29. The lowest BCUT2D eigenvalue weighted by molar-refractivity contribution is -0.142. The second-order valence-electron chi connectivity index (χ2n) is 5.29. The number of rotatable bonds is 8. The van der Waals surface area contributed by atoms with Gasteiger partial charge in [-0.25, -0.2) is 0 Å². The van der Waals surface area contributed by atoms with Crippen LogP contribution in [0.2, 0.25) is 0 Å². The Morgan fingerprint density at radius 2 is 1.95 bits per heavy atom. The summed E-state index contributed by atoms with van der Waals surface area (Å²) in [7, 11) is 4.61. The molecule has 1 aromatic carbocycles. The number of benzene rings is 1. The molecular weight excluding hydrogens is 350 g/mol. The highest BCUT2D eigenvalue weighted by atomic mass is 79.9. The van der Waals surface area contributed by atoms with Crippen molar-refractivity contribution in [1.82, 2.24) is 5.32 Å². The van der Waals surface area contributed by atoms with Crippen LogP contribution in [0.3, 0.4) is 0 Å². The number of carbonyl (C=O) groups excluding carboxylic acids is 1. The van der Waals surface area contributed by atoms with Crippen LogP contribution in [0, 0.1) is 0 Å². The number of nitrogens with one attached hydrogen (secondary N) is 1. The first-order chi connectivity index (χ1) is 10.4. The summed E-state index contributed by atoms with van der Waals surface area (Å²) in [6.07, 6.45) is 1.14. The van der Waals surface area contributed by atoms with Crippen molar-refractivity contribution in [1.29, 1.82) is 0 Å². The number of esters is 1. The van der Waals surface area contributed by atoms with Gasteiger partial charge in [0.05, 0.1) is 32.2 Å². The molecule has 0 bridgehead atoms. The van der Waals surface area contributed by atoms with E-state index in [1.807, 2.05) is 26.0 Å². The molecule has 0 heterocycles. The second-order valence-corrected chi connectivity index (χ2v) is 6.09. The van der Waals surface area contributed by atoms with Gasteiger partial charge >= 0.3 is 5.97 Å². The van der Waals surface area contributed by atoms with E-state index >= 15 is 0 Å². The summed E-state index contributed by atoms with van der Waals surface area (Å²) in [4.78, 5) is 11.5. The highest BCUT2D eigenvalue weighted by Gasteiger charge is 2.26. The van der Waals surface area contributed by atoms with Gasteiger partial charge in [0.2, 0.25) is 0 Å². The van der Waals surface area contributed by atoms with E-state index in [0.717, 1.165) is 16.5 Å². The van der Waals surface area contributed by atoms with Crippen LogP contribution in [0.25, 0.3) is 0 Å². The Bertz CT molecular complexity index is 521. The molecule has 0 aliphatic heterocycles. The fraction of sp³-hybridized carbons (Fsp3) is 0.562. The van der Waals surface area contributed by atoms with E-state index in [-0.39, 0.29) is 11.5 Å². The molecule has 1 atom stereocenters. The summed E-state index contributed by atoms with van der Waals surface area (Å²) in [6, 6.07) is 3.83. The van der Waals surface area contributed by atoms with Crippen LogP contribution in [0.15, 0.2) is 16.6 Å². The van der Waals surface area contributed by atoms with Crippen molar-refractivity contribution in [3.63, 3.8) is 0 Å². The van der Waals surface area contributed by atoms with Gasteiger partial charge in [0.25, 0.3) is 0 Å². The Kier molecular flexibility index (Phi) is 7.16. The molecule has 1 N–H and O–H groups in total. The summed E-state index contributed by atoms with van der Waals surface area (Å²) in [5.74, 6) is 1.11. The molecule has 0 aliphatic rings. The minimum Gasteiger partial charge on any atom is -0.493 e. The number of hydrogen-bond donors (Lipinski definition) is 1. The normalized spacial score (nSPS) is 13.4. The highest BCUT2D eigenvalue weighted by Crippen LogP contribution is 2.37. The lowest BCUT2D eigenvalue weighted by Crippen LogP contribution is -2.43. The molecule has 1 rings (SSSR count). The minimum atomic E-state index is -0.320. The first-order valence-electron chi connectivity index (χ1n) is 7.12. The van der Waals surface area contributed by atoms with E-state index in [0.29, 0.717) is 24.5 Å². The molecule has 124 valence electrons. The van der Waals surface area contributed by atoms with Gasteiger partial charge in [-0.05, 0) is 40.9 Å². The van der Waals surface area contributed by atoms with Crippen LogP contribution in [0.1, 0.15) is 32.3 Å². The van der Waals surface area contributed by atoms with E-state index in [2.05, 4.69) is 21.2 Å². The fourth-order valence-electron chi connectivity index (χ4n) is 2.08. The van der Waals surface area contributed by atoms with E-state index in [9.17, 15) is 4.79 Å². The molecule has 6 heteroatoms. The molecule has 5 nitrogen and oxygen atoms in total. The number of halogens is 1. The smallest absolute Gasteiger partial charge is 0.307 e. The molecule has 0 saturated carbocycles. The lowest BCUT2D eigenvalue weighted by atomic mass is 9.94. The van der Waals surface area contributed by atoms with Gasteiger partial charge in [0.1, 0.15) is 0 Å². The summed E-state index contributed by atoms with van der Waals surface area (Å²) in [6.45, 7) is 4.65. The topological polar surface area (TPSA) is 56.8 Å². The van der Waals surface area contributed by atoms with Crippen LogP contribution in [-0.2, 0) is 16.1 Å². The first kappa shape index (κ1) is 18.8. The Morgan fingerprint density at radius 1 is 1.27 bits per heavy atom. The molecule has 22 heavy (non-hydrogen) atoms. The van der Waals surface area contributed by atoms with Gasteiger partial charge < -0.3 is 19.5 Å². The van der Waals surface area contributed by atoms with Crippen molar-refractivity contribution >= 4 is 21.9 Å². The maximum Gasteiger partial charge on any atom is 0.307 e. The SMILES string of the molecule is CC[C@](C)(CC(=O)OC)NCc1ccc(OC)c(OC)c1Br. The summed E-state index contributed by atoms with van der Waals surface area (Å²) in [5, 5.41) is 3.43. The monoisotopic (exact) mass is 373 g/mol. The van der Waals surface area contributed by atoms with E-state index < -0.39 is 0 Å². The van der Waals surface area contributed by atoms with Crippen molar-refractivity contribution in [2.45, 2.75) is 38.8 Å². The zero-order valence-electron chi connectivity index (χ0n) is 13.8. The van der Waals surface area contributed by atoms with Gasteiger partial charge in [0.15, 0.2) is 11.5 Å². The zero-order chi connectivity index (χ0) is 16.8. The molecule has 0 aromatic heterocycles. The molecule has 0 aliphatic carbocycles. The van der Waals surface area contributed by atoms with Gasteiger partial charge in [-0.15, -0.1) is 0 Å². The van der Waals surface area contributed by atoms with Crippen molar-refractivity contribution in [2.24, 2.45) is 0 Å². The van der Waals surface area contributed by atoms with Crippen LogP contribution >= 0.6 is 15.9 Å². The van der Waals surface area contributed by atoms with E-state index in [1.165, 1.54) is 7.11 Å². The van der Waals surface area contributed by atoms with Crippen LogP contribution in [0.4, 0.5) is 0 Å². The summed E-state index contributed by atoms with van der Waals surface area (Å²) >= 11 is 3.55. The summed E-state index contributed by atoms with van der Waals surface area (Å²) < 4.78 is 16.3. The third kappa shape index (κ3) is 4.61. The average molecular weight is 374 g/mol. The van der Waals surface area contributed by atoms with E-state index in [1.54, 1.807) is 14.2 Å². The first-order valence-corrected chi connectivity index (χ1v) is 7.91. The number of ether oxygens (including phenoxy) is 3. The Balaban J connectivity index is 2.88. The highest BCUT2D eigenvalue weighted by molar-refractivity contribution is 9.10. The Labute approximate surface area is 140 Å². The molecule has 1 aromatic rings. The van der Waals surface area contributed by atoms with Crippen molar-refractivity contribution < 1.29 is 19.0 Å². The fourth-order valence-corrected chi connectivity index (χ4v) is 2.71. The molecular formula is C16H24BrNO4. The van der Waals surface area contributed by atoms with Crippen molar-refractivity contribution in [3.8, 4) is 11.5 Å². The Morgan fingerprint density at radius 3 is 2.45 bits per heavy atom. The quantitative estimate of drug-likeness (QED) is 0.708. The van der Waals surface area contributed by atoms with Crippen molar-refractivity contribution in [3.05, 3.63) is 22.2 Å². The standard InChI is InChI=1S/C16H24BrNO4/c1-6-16(2,9-13(19)21-4)18-10-11-7-8-12(20-3)15(22-5)14(11)17/h7-8,18H,6,9-10H2,1-5H3/t16-/m1/s1. The van der Waals surface area contributed by atoms with E-state index in [4.69, 9.17) is 14.2 Å². The van der Waals surface area contributed by atoms with Crippen LogP contribution in [-0.4, -0.2) is 32.8 Å². The van der Waals surface area contributed by atoms with Gasteiger partial charge in [0, 0.05) is 12.1 Å². The molecule has 0 spiro atoms. The second kappa shape index (κ2) is 8.39. The third-order valence-electron chi connectivity index (χ3n) is 3.81. The van der Waals surface area contributed by atoms with Crippen LogP contribution < -0.4 is 14.8 Å². The maximum atomic E-state index is 11.5. The minimum absolute atomic E-state index is 0.219. The number of carbonyl (C=O) groups is 1. The largest absolute Gasteiger partial charge is 0.493 e. The van der Waals surface area contributed by atoms with Crippen LogP contribution in [0.5, 0.6) is 11.5 Å². The molecule has 0 amide bonds. The number of hydrogen-bond acceptors (Lipinski definition) is 5. The average Bonchev–Trinajstić information content (AvgIpc) is 2.53. The van der Waals surface area contributed by atoms with Gasteiger partial charge in [-0.1, -0.05) is 13.0 Å². The molecule has 0 fully saturated rings. The zero-order valence-corrected chi connectivity index (χ0v) is 15.4. The predicted octanol–water partition coefficient (Wildman–Crippen LogP) is 3.29. The maximum absolute atomic E-state index is 11.5. The van der Waals surface area contributed by atoms with Crippen molar-refractivity contribution in [2.75, 3.05) is 21.3 Å². The number of methoxy groups -OCH3 is 3. The summed E-state index contributed by atoms with van der Waals surface area (Å²) in [5.41, 5.74) is 0.710. The van der Waals surface area contributed by atoms with Gasteiger partial charge in [-0.2, -0.15) is 0 Å². The third-order valence-corrected chi connectivity index (χ3v) is 4.68. The van der Waals surface area contributed by atoms with Gasteiger partial charge in [-0.3, -0.25) is 4.79 Å². The molecule has 0 saturated heterocycles. The Hall–Kier alpha value is -1.27.